The molecule has 1 aromatic heterocycles. The molecule has 4 nitrogen and oxygen atoms in total. The summed E-state index contributed by atoms with van der Waals surface area (Å²) in [6.07, 6.45) is 4.57. The molecule has 1 fully saturated rings. The molecule has 1 heterocycles. The Balaban J connectivity index is 1.99. The van der Waals surface area contributed by atoms with Crippen LogP contribution in [0, 0.1) is 5.92 Å². The SMILES string of the molecule is OCC1CCCCC1Nc1ccc(Cl)nn1. The van der Waals surface area contributed by atoms with Crippen molar-refractivity contribution in [2.45, 2.75) is 31.7 Å². The van der Waals surface area contributed by atoms with E-state index in [1.807, 2.05) is 6.07 Å². The molecule has 2 unspecified atom stereocenters. The first-order valence-corrected chi connectivity index (χ1v) is 6.04. The maximum atomic E-state index is 9.29. The van der Waals surface area contributed by atoms with Crippen molar-refractivity contribution in [3.05, 3.63) is 17.3 Å². The second-order valence-corrected chi connectivity index (χ2v) is 4.61. The van der Waals surface area contributed by atoms with E-state index >= 15 is 0 Å². The van der Waals surface area contributed by atoms with Gasteiger partial charge >= 0.3 is 0 Å². The number of hydrogen-bond acceptors (Lipinski definition) is 4. The second-order valence-electron chi connectivity index (χ2n) is 4.22. The van der Waals surface area contributed by atoms with Crippen LogP contribution in [-0.2, 0) is 0 Å². The van der Waals surface area contributed by atoms with Gasteiger partial charge in [0.05, 0.1) is 0 Å². The smallest absolute Gasteiger partial charge is 0.151 e. The van der Waals surface area contributed by atoms with Gasteiger partial charge < -0.3 is 10.4 Å². The summed E-state index contributed by atoms with van der Waals surface area (Å²) in [7, 11) is 0. The van der Waals surface area contributed by atoms with Crippen LogP contribution in [0.5, 0.6) is 0 Å². The molecule has 0 saturated heterocycles. The van der Waals surface area contributed by atoms with Crippen molar-refractivity contribution in [3.63, 3.8) is 0 Å². The quantitative estimate of drug-likeness (QED) is 0.851. The van der Waals surface area contributed by atoms with Gasteiger partial charge in [0.1, 0.15) is 5.82 Å². The molecule has 1 saturated carbocycles. The van der Waals surface area contributed by atoms with E-state index in [1.54, 1.807) is 6.07 Å². The summed E-state index contributed by atoms with van der Waals surface area (Å²) in [6, 6.07) is 3.83. The normalized spacial score (nSPS) is 25.4. The van der Waals surface area contributed by atoms with E-state index in [1.165, 1.54) is 12.8 Å². The molecule has 0 aromatic carbocycles. The first kappa shape index (κ1) is 11.6. The molecular weight excluding hydrogens is 226 g/mol. The molecular formula is C11H16ClN3O. The van der Waals surface area contributed by atoms with E-state index < -0.39 is 0 Å². The fourth-order valence-corrected chi connectivity index (χ4v) is 2.30. The minimum atomic E-state index is 0.235. The number of halogens is 1. The zero-order valence-corrected chi connectivity index (χ0v) is 9.82. The molecule has 0 spiro atoms. The number of nitrogens with zero attached hydrogens (tertiary/aromatic N) is 2. The lowest BCUT2D eigenvalue weighted by molar-refractivity contribution is 0.178. The second kappa shape index (κ2) is 5.46. The van der Waals surface area contributed by atoms with E-state index in [-0.39, 0.29) is 6.61 Å². The third kappa shape index (κ3) is 2.83. The highest BCUT2D eigenvalue weighted by atomic mass is 35.5. The fourth-order valence-electron chi connectivity index (χ4n) is 2.20. The average Bonchev–Trinajstić information content (AvgIpc) is 2.33. The molecule has 1 aliphatic carbocycles. The summed E-state index contributed by atoms with van der Waals surface area (Å²) in [5, 5.41) is 20.8. The van der Waals surface area contributed by atoms with Crippen molar-refractivity contribution in [2.75, 3.05) is 11.9 Å². The van der Waals surface area contributed by atoms with E-state index in [4.69, 9.17) is 11.6 Å². The summed E-state index contributed by atoms with van der Waals surface area (Å²) in [5.41, 5.74) is 0. The van der Waals surface area contributed by atoms with E-state index in [0.717, 1.165) is 18.7 Å². The Bertz CT molecular complexity index is 331. The van der Waals surface area contributed by atoms with Crippen LogP contribution in [0.15, 0.2) is 12.1 Å². The van der Waals surface area contributed by atoms with Crippen LogP contribution in [0.2, 0.25) is 5.15 Å². The van der Waals surface area contributed by atoms with Crippen LogP contribution >= 0.6 is 11.6 Å². The van der Waals surface area contributed by atoms with Gasteiger partial charge in [-0.1, -0.05) is 24.4 Å². The number of anilines is 1. The third-order valence-electron chi connectivity index (χ3n) is 3.11. The molecule has 2 atom stereocenters. The predicted octanol–water partition coefficient (Wildman–Crippen LogP) is 2.09. The van der Waals surface area contributed by atoms with Crippen molar-refractivity contribution in [2.24, 2.45) is 5.92 Å². The lowest BCUT2D eigenvalue weighted by Crippen LogP contribution is -2.34. The van der Waals surface area contributed by atoms with Crippen LogP contribution in [-0.4, -0.2) is 28.0 Å². The number of aliphatic hydroxyl groups is 1. The maximum absolute atomic E-state index is 9.29. The number of nitrogens with one attached hydrogen (secondary N) is 1. The van der Waals surface area contributed by atoms with Gasteiger partial charge in [0, 0.05) is 18.6 Å². The zero-order chi connectivity index (χ0) is 11.4. The van der Waals surface area contributed by atoms with Gasteiger partial charge in [0.2, 0.25) is 0 Å². The van der Waals surface area contributed by atoms with Crippen LogP contribution in [0.4, 0.5) is 5.82 Å². The monoisotopic (exact) mass is 241 g/mol. The lowest BCUT2D eigenvalue weighted by Gasteiger charge is -2.31. The fraction of sp³-hybridized carbons (Fsp3) is 0.636. The highest BCUT2D eigenvalue weighted by molar-refractivity contribution is 6.29. The molecule has 0 amide bonds. The summed E-state index contributed by atoms with van der Waals surface area (Å²) < 4.78 is 0. The number of hydrogen-bond donors (Lipinski definition) is 2. The van der Waals surface area contributed by atoms with Crippen LogP contribution in [0.3, 0.4) is 0 Å². The van der Waals surface area contributed by atoms with Gasteiger partial charge in [0.15, 0.2) is 5.15 Å². The van der Waals surface area contributed by atoms with E-state index in [0.29, 0.717) is 17.1 Å². The van der Waals surface area contributed by atoms with Gasteiger partial charge in [-0.05, 0) is 25.0 Å². The zero-order valence-electron chi connectivity index (χ0n) is 9.06. The molecule has 5 heteroatoms. The van der Waals surface area contributed by atoms with Gasteiger partial charge in [-0.25, -0.2) is 0 Å². The number of rotatable bonds is 3. The van der Waals surface area contributed by atoms with Crippen molar-refractivity contribution < 1.29 is 5.11 Å². The molecule has 0 aliphatic heterocycles. The molecule has 88 valence electrons. The Hall–Kier alpha value is -0.870. The Labute approximate surface area is 100 Å². The Morgan fingerprint density at radius 2 is 2.12 bits per heavy atom. The van der Waals surface area contributed by atoms with E-state index in [2.05, 4.69) is 15.5 Å². The van der Waals surface area contributed by atoms with Gasteiger partial charge in [-0.15, -0.1) is 10.2 Å². The molecule has 2 rings (SSSR count). The highest BCUT2D eigenvalue weighted by Crippen LogP contribution is 2.26. The van der Waals surface area contributed by atoms with Crippen LogP contribution < -0.4 is 5.32 Å². The third-order valence-corrected chi connectivity index (χ3v) is 3.31. The molecule has 1 aliphatic rings. The van der Waals surface area contributed by atoms with Crippen molar-refractivity contribution in [1.29, 1.82) is 0 Å². The first-order chi connectivity index (χ1) is 7.79. The predicted molar refractivity (Wildman–Crippen MR) is 63.5 cm³/mol. The largest absolute Gasteiger partial charge is 0.396 e. The first-order valence-electron chi connectivity index (χ1n) is 5.66. The van der Waals surface area contributed by atoms with Crippen molar-refractivity contribution in [3.8, 4) is 0 Å². The Morgan fingerprint density at radius 3 is 2.81 bits per heavy atom. The topological polar surface area (TPSA) is 58.0 Å². The molecule has 2 N–H and O–H groups in total. The highest BCUT2D eigenvalue weighted by Gasteiger charge is 2.24. The summed E-state index contributed by atoms with van der Waals surface area (Å²) >= 11 is 5.67. The number of aliphatic hydroxyl groups excluding tert-OH is 1. The summed E-state index contributed by atoms with van der Waals surface area (Å²) in [6.45, 7) is 0.235. The van der Waals surface area contributed by atoms with Gasteiger partial charge in [-0.2, -0.15) is 0 Å². The number of aromatic nitrogens is 2. The van der Waals surface area contributed by atoms with Gasteiger partial charge in [-0.3, -0.25) is 0 Å². The van der Waals surface area contributed by atoms with E-state index in [9.17, 15) is 5.11 Å². The Morgan fingerprint density at radius 1 is 1.31 bits per heavy atom. The Kier molecular flexibility index (Phi) is 3.96. The minimum absolute atomic E-state index is 0.235. The van der Waals surface area contributed by atoms with Crippen LogP contribution in [0.25, 0.3) is 0 Å². The molecule has 16 heavy (non-hydrogen) atoms. The molecule has 0 bridgehead atoms. The van der Waals surface area contributed by atoms with Gasteiger partial charge in [0.25, 0.3) is 0 Å². The standard InChI is InChI=1S/C11H16ClN3O/c12-10-5-6-11(15-14-10)13-9-4-2-1-3-8(9)7-16/h5-6,8-9,16H,1-4,7H2,(H,13,15). The van der Waals surface area contributed by atoms with Crippen molar-refractivity contribution in [1.82, 2.24) is 10.2 Å². The summed E-state index contributed by atoms with van der Waals surface area (Å²) in [5.74, 6) is 1.06. The molecule has 1 aromatic rings. The minimum Gasteiger partial charge on any atom is -0.396 e. The van der Waals surface area contributed by atoms with Crippen molar-refractivity contribution >= 4 is 17.4 Å². The maximum Gasteiger partial charge on any atom is 0.151 e. The molecule has 0 radical (unpaired) electrons. The summed E-state index contributed by atoms with van der Waals surface area (Å²) in [4.78, 5) is 0. The average molecular weight is 242 g/mol. The lowest BCUT2D eigenvalue weighted by atomic mass is 9.85. The van der Waals surface area contributed by atoms with Crippen LogP contribution in [0.1, 0.15) is 25.7 Å².